The number of hydrogen-bond acceptors (Lipinski definition) is 5. The molecule has 0 aliphatic carbocycles. The van der Waals surface area contributed by atoms with Crippen molar-refractivity contribution in [2.45, 2.75) is 18.9 Å². The molecule has 0 aromatic heterocycles. The Bertz CT molecular complexity index is 1070. The van der Waals surface area contributed by atoms with Crippen LogP contribution < -0.4 is 4.74 Å². The lowest BCUT2D eigenvalue weighted by Gasteiger charge is -2.38. The average Bonchev–Trinajstić information content (AvgIpc) is 2.84. The van der Waals surface area contributed by atoms with Crippen molar-refractivity contribution in [2.24, 2.45) is 0 Å². The third-order valence-electron chi connectivity index (χ3n) is 5.91. The van der Waals surface area contributed by atoms with Gasteiger partial charge in [-0.05, 0) is 11.5 Å². The summed E-state index contributed by atoms with van der Waals surface area (Å²) in [6.07, 6.45) is 1.38. The number of ether oxygens (including phenoxy) is 1. The smallest absolute Gasteiger partial charge is 0.472 e. The number of nitrogens with zero attached hydrogens (tertiary/aromatic N) is 1. The summed E-state index contributed by atoms with van der Waals surface area (Å²) in [5.74, 6) is 0.880. The highest BCUT2D eigenvalue weighted by atomic mass is 31.2. The molecule has 1 unspecified atom stereocenters. The predicted octanol–water partition coefficient (Wildman–Crippen LogP) is 4.94. The number of aliphatic hydroxyl groups is 1. The van der Waals surface area contributed by atoms with E-state index >= 15 is 0 Å². The van der Waals surface area contributed by atoms with Gasteiger partial charge in [-0.3, -0.25) is 9.05 Å². The van der Waals surface area contributed by atoms with E-state index in [0.29, 0.717) is 17.5 Å². The number of quaternary nitrogens is 1. The number of phosphoric acid groups is 1. The SMILES string of the molecule is C[N+](C)(CCCOP(=O)(O)OCCO)[C@@H](CCOc1cccc2ccccc12)c1ccccc1. The van der Waals surface area contributed by atoms with Crippen molar-refractivity contribution >= 4 is 18.6 Å². The van der Waals surface area contributed by atoms with Gasteiger partial charge < -0.3 is 19.2 Å². The normalized spacial score (nSPS) is 14.6. The first-order chi connectivity index (χ1) is 16.3. The van der Waals surface area contributed by atoms with Crippen molar-refractivity contribution in [3.8, 4) is 5.75 Å². The van der Waals surface area contributed by atoms with Crippen LogP contribution in [-0.4, -0.2) is 61.6 Å². The van der Waals surface area contributed by atoms with Gasteiger partial charge in [0.25, 0.3) is 0 Å². The molecule has 3 aromatic carbocycles. The van der Waals surface area contributed by atoms with E-state index in [1.54, 1.807) is 0 Å². The van der Waals surface area contributed by atoms with Crippen molar-refractivity contribution in [1.82, 2.24) is 0 Å². The Morgan fingerprint density at radius 2 is 1.56 bits per heavy atom. The van der Waals surface area contributed by atoms with Crippen molar-refractivity contribution in [3.05, 3.63) is 78.4 Å². The zero-order valence-electron chi connectivity index (χ0n) is 19.9. The Morgan fingerprint density at radius 3 is 2.32 bits per heavy atom. The first-order valence-corrected chi connectivity index (χ1v) is 13.0. The van der Waals surface area contributed by atoms with E-state index in [2.05, 4.69) is 49.0 Å². The van der Waals surface area contributed by atoms with E-state index in [1.165, 1.54) is 5.56 Å². The average molecular weight is 489 g/mol. The van der Waals surface area contributed by atoms with Crippen LogP contribution in [0.2, 0.25) is 0 Å². The van der Waals surface area contributed by atoms with E-state index < -0.39 is 7.82 Å². The molecule has 184 valence electrons. The van der Waals surface area contributed by atoms with E-state index in [4.69, 9.17) is 14.4 Å². The van der Waals surface area contributed by atoms with E-state index in [1.807, 2.05) is 42.5 Å². The molecular formula is C26H35NO6P+. The van der Waals surface area contributed by atoms with Crippen molar-refractivity contribution in [1.29, 1.82) is 0 Å². The Balaban J connectivity index is 1.63. The van der Waals surface area contributed by atoms with Crippen molar-refractivity contribution < 1.29 is 32.8 Å². The van der Waals surface area contributed by atoms with Gasteiger partial charge in [-0.15, -0.1) is 0 Å². The summed E-state index contributed by atoms with van der Waals surface area (Å²) in [5, 5.41) is 11.0. The second-order valence-electron chi connectivity index (χ2n) is 8.76. The molecule has 7 nitrogen and oxygen atoms in total. The molecule has 0 saturated carbocycles. The van der Waals surface area contributed by atoms with Crippen LogP contribution in [0, 0.1) is 0 Å². The topological polar surface area (TPSA) is 85.2 Å². The van der Waals surface area contributed by atoms with Crippen LogP contribution in [0.3, 0.4) is 0 Å². The molecule has 3 rings (SSSR count). The summed E-state index contributed by atoms with van der Waals surface area (Å²) in [6, 6.07) is 24.8. The highest BCUT2D eigenvalue weighted by Crippen LogP contribution is 2.43. The number of benzene rings is 3. The third-order valence-corrected chi connectivity index (χ3v) is 6.92. The van der Waals surface area contributed by atoms with E-state index in [-0.39, 0.29) is 25.9 Å². The van der Waals surface area contributed by atoms with Crippen LogP contribution in [0.15, 0.2) is 72.8 Å². The molecule has 0 amide bonds. The van der Waals surface area contributed by atoms with E-state index in [9.17, 15) is 9.46 Å². The van der Waals surface area contributed by atoms with E-state index in [0.717, 1.165) is 29.5 Å². The first kappa shape index (κ1) is 26.4. The highest BCUT2D eigenvalue weighted by Gasteiger charge is 2.30. The van der Waals surface area contributed by atoms with Crippen molar-refractivity contribution in [2.75, 3.05) is 47.1 Å². The summed E-state index contributed by atoms with van der Waals surface area (Å²) in [4.78, 5) is 9.64. The number of phosphoric ester groups is 1. The molecule has 34 heavy (non-hydrogen) atoms. The minimum absolute atomic E-state index is 0.0922. The summed E-state index contributed by atoms with van der Waals surface area (Å²) in [6.45, 7) is 0.814. The largest absolute Gasteiger partial charge is 0.493 e. The number of fused-ring (bicyclic) bond motifs is 1. The van der Waals surface area contributed by atoms with Crippen molar-refractivity contribution in [3.63, 3.8) is 0 Å². The minimum atomic E-state index is -4.13. The summed E-state index contributed by atoms with van der Waals surface area (Å²) < 4.78 is 28.4. The second-order valence-corrected chi connectivity index (χ2v) is 10.2. The summed E-state index contributed by atoms with van der Waals surface area (Å²) >= 11 is 0. The fraction of sp³-hybridized carbons (Fsp3) is 0.385. The van der Waals surface area contributed by atoms with Crippen LogP contribution in [0.1, 0.15) is 24.4 Å². The molecule has 3 aromatic rings. The van der Waals surface area contributed by atoms with Gasteiger partial charge in [-0.2, -0.15) is 0 Å². The molecule has 0 aliphatic rings. The van der Waals surface area contributed by atoms with Crippen LogP contribution >= 0.6 is 7.82 Å². The maximum atomic E-state index is 11.8. The van der Waals surface area contributed by atoms with Crippen LogP contribution in [0.25, 0.3) is 10.8 Å². The van der Waals surface area contributed by atoms with Gasteiger partial charge in [-0.25, -0.2) is 4.57 Å². The summed E-state index contributed by atoms with van der Waals surface area (Å²) in [5.41, 5.74) is 1.22. The Morgan fingerprint density at radius 1 is 0.882 bits per heavy atom. The maximum absolute atomic E-state index is 11.8. The zero-order chi connectivity index (χ0) is 24.4. The predicted molar refractivity (Wildman–Crippen MR) is 134 cm³/mol. The Kier molecular flexibility index (Phi) is 9.65. The molecule has 0 aliphatic heterocycles. The first-order valence-electron chi connectivity index (χ1n) is 11.5. The second kappa shape index (κ2) is 12.5. The molecule has 0 saturated heterocycles. The molecule has 2 atom stereocenters. The van der Waals surface area contributed by atoms with Crippen LogP contribution in [0.5, 0.6) is 5.75 Å². The lowest BCUT2D eigenvalue weighted by Crippen LogP contribution is -2.44. The van der Waals surface area contributed by atoms with Gasteiger partial charge in [-0.1, -0.05) is 66.7 Å². The summed E-state index contributed by atoms with van der Waals surface area (Å²) in [7, 11) is 0.167. The Hall–Kier alpha value is -2.25. The fourth-order valence-electron chi connectivity index (χ4n) is 4.20. The standard InChI is InChI=1S/C26H34NO6P/c1-27(2,17-9-19-32-34(29,30)33-21-18-28)25(23-11-4-3-5-12-23)16-20-31-26-15-8-13-22-10-6-7-14-24(22)26/h3-8,10-15,25,28H,9,16-21H2,1-2H3/p+1/t25-/m0/s1. The zero-order valence-corrected chi connectivity index (χ0v) is 20.8. The van der Waals surface area contributed by atoms with Crippen LogP contribution in [-0.2, 0) is 13.6 Å². The van der Waals surface area contributed by atoms with Crippen LogP contribution in [0.4, 0.5) is 0 Å². The number of aliphatic hydroxyl groups excluding tert-OH is 1. The minimum Gasteiger partial charge on any atom is -0.493 e. The van der Waals surface area contributed by atoms with Gasteiger partial charge in [0, 0.05) is 23.8 Å². The van der Waals surface area contributed by atoms with Gasteiger partial charge in [0.1, 0.15) is 11.8 Å². The quantitative estimate of drug-likeness (QED) is 0.190. The lowest BCUT2D eigenvalue weighted by atomic mass is 10.0. The number of rotatable bonds is 14. The highest BCUT2D eigenvalue weighted by molar-refractivity contribution is 7.47. The van der Waals surface area contributed by atoms with Gasteiger partial charge >= 0.3 is 7.82 Å². The molecule has 2 N–H and O–H groups in total. The molecule has 0 heterocycles. The molecule has 0 radical (unpaired) electrons. The monoisotopic (exact) mass is 488 g/mol. The third kappa shape index (κ3) is 7.64. The number of hydrogen-bond donors (Lipinski definition) is 2. The molecule has 0 spiro atoms. The molecule has 0 bridgehead atoms. The maximum Gasteiger partial charge on any atom is 0.472 e. The fourth-order valence-corrected chi connectivity index (χ4v) is 4.94. The molecule has 0 fully saturated rings. The van der Waals surface area contributed by atoms with Gasteiger partial charge in [0.05, 0.1) is 47.1 Å². The van der Waals surface area contributed by atoms with Gasteiger partial charge in [0.2, 0.25) is 0 Å². The van der Waals surface area contributed by atoms with Gasteiger partial charge in [0.15, 0.2) is 0 Å². The molecular weight excluding hydrogens is 453 g/mol. The molecule has 8 heteroatoms. The lowest BCUT2D eigenvalue weighted by molar-refractivity contribution is -0.921. The Labute approximate surface area is 201 Å².